The predicted molar refractivity (Wildman–Crippen MR) is 80.6 cm³/mol. The van der Waals surface area contributed by atoms with Crippen LogP contribution in [0.25, 0.3) is 0 Å². The highest BCUT2D eigenvalue weighted by Crippen LogP contribution is 2.40. The van der Waals surface area contributed by atoms with Crippen LogP contribution in [-0.2, 0) is 17.6 Å². The van der Waals surface area contributed by atoms with Crippen molar-refractivity contribution in [1.82, 2.24) is 4.98 Å². The number of aryl methyl sites for hydroxylation is 1. The molecule has 0 fully saturated rings. The molecule has 0 aliphatic heterocycles. The lowest BCUT2D eigenvalue weighted by molar-refractivity contribution is -0.116. The molecule has 0 unspecified atom stereocenters. The van der Waals surface area contributed by atoms with Crippen molar-refractivity contribution in [2.75, 3.05) is 5.32 Å². The highest BCUT2D eigenvalue weighted by molar-refractivity contribution is 7.15. The third kappa shape index (κ3) is 3.56. The molecule has 19 heavy (non-hydrogen) atoms. The van der Waals surface area contributed by atoms with E-state index in [4.69, 9.17) is 0 Å². The van der Waals surface area contributed by atoms with Crippen molar-refractivity contribution in [3.63, 3.8) is 0 Å². The van der Waals surface area contributed by atoms with E-state index in [1.54, 1.807) is 11.3 Å². The lowest BCUT2D eigenvalue weighted by Crippen LogP contribution is -2.26. The standard InChI is InChI=1S/C15H24N2OS/c1-5-6-13(18)17-14-16-11-8-7-10(15(2,3)4)9-12(11)19-14/h10H,5-9H2,1-4H3,(H,16,17,18)/t10-/m1/s1. The molecule has 106 valence electrons. The Morgan fingerprint density at radius 3 is 2.84 bits per heavy atom. The number of nitrogens with zero attached hydrogens (tertiary/aromatic N) is 1. The average molecular weight is 280 g/mol. The lowest BCUT2D eigenvalue weighted by atomic mass is 9.73. The van der Waals surface area contributed by atoms with Gasteiger partial charge >= 0.3 is 0 Å². The second-order valence-electron chi connectivity index (χ2n) is 6.49. The van der Waals surface area contributed by atoms with Gasteiger partial charge in [0.15, 0.2) is 5.13 Å². The van der Waals surface area contributed by atoms with Gasteiger partial charge in [0.05, 0.1) is 5.69 Å². The Morgan fingerprint density at radius 2 is 2.21 bits per heavy atom. The molecule has 1 aliphatic carbocycles. The number of carbonyl (C=O) groups excluding carboxylic acids is 1. The van der Waals surface area contributed by atoms with E-state index in [0.717, 1.165) is 30.3 Å². The van der Waals surface area contributed by atoms with E-state index >= 15 is 0 Å². The van der Waals surface area contributed by atoms with Gasteiger partial charge < -0.3 is 5.32 Å². The summed E-state index contributed by atoms with van der Waals surface area (Å²) in [6.45, 7) is 8.95. The fourth-order valence-electron chi connectivity index (χ4n) is 2.58. The number of nitrogens with one attached hydrogen (secondary N) is 1. The lowest BCUT2D eigenvalue weighted by Gasteiger charge is -2.33. The molecule has 4 heteroatoms. The molecule has 2 rings (SSSR count). The first-order chi connectivity index (χ1) is 8.90. The van der Waals surface area contributed by atoms with Crippen molar-refractivity contribution in [3.05, 3.63) is 10.6 Å². The maximum Gasteiger partial charge on any atom is 0.226 e. The van der Waals surface area contributed by atoms with Gasteiger partial charge in [-0.05, 0) is 37.0 Å². The van der Waals surface area contributed by atoms with Crippen LogP contribution in [0.15, 0.2) is 0 Å². The van der Waals surface area contributed by atoms with E-state index in [0.29, 0.717) is 11.8 Å². The molecule has 0 saturated heterocycles. The maximum atomic E-state index is 11.6. The summed E-state index contributed by atoms with van der Waals surface area (Å²) in [5.41, 5.74) is 1.56. The fraction of sp³-hybridized carbons (Fsp3) is 0.733. The molecule has 1 aromatic heterocycles. The summed E-state index contributed by atoms with van der Waals surface area (Å²) in [5, 5.41) is 3.71. The third-order valence-electron chi connectivity index (χ3n) is 3.89. The van der Waals surface area contributed by atoms with Crippen molar-refractivity contribution in [2.24, 2.45) is 11.3 Å². The Labute approximate surface area is 119 Å². The minimum Gasteiger partial charge on any atom is -0.302 e. The van der Waals surface area contributed by atoms with Crippen molar-refractivity contribution in [3.8, 4) is 0 Å². The zero-order chi connectivity index (χ0) is 14.0. The van der Waals surface area contributed by atoms with Gasteiger partial charge in [-0.3, -0.25) is 4.79 Å². The predicted octanol–water partition coefficient (Wildman–Crippen LogP) is 4.03. The Hall–Kier alpha value is -0.900. The van der Waals surface area contributed by atoms with Crippen LogP contribution in [0.3, 0.4) is 0 Å². The molecule has 1 heterocycles. The van der Waals surface area contributed by atoms with Crippen LogP contribution >= 0.6 is 11.3 Å². The van der Waals surface area contributed by atoms with Crippen molar-refractivity contribution < 1.29 is 4.79 Å². The number of amides is 1. The van der Waals surface area contributed by atoms with Gasteiger partial charge in [-0.2, -0.15) is 0 Å². The molecular formula is C15H24N2OS. The third-order valence-corrected chi connectivity index (χ3v) is 4.92. The number of aromatic nitrogens is 1. The number of thiazole rings is 1. The molecule has 0 aromatic carbocycles. The second kappa shape index (κ2) is 5.61. The molecule has 1 atom stereocenters. The smallest absolute Gasteiger partial charge is 0.226 e. The van der Waals surface area contributed by atoms with Gasteiger partial charge in [0, 0.05) is 11.3 Å². The summed E-state index contributed by atoms with van der Waals surface area (Å²) in [5.74, 6) is 0.806. The summed E-state index contributed by atoms with van der Waals surface area (Å²) in [6, 6.07) is 0. The molecule has 1 N–H and O–H groups in total. The first-order valence-electron chi connectivity index (χ1n) is 7.18. The molecule has 1 aromatic rings. The highest BCUT2D eigenvalue weighted by atomic mass is 32.1. The van der Waals surface area contributed by atoms with E-state index in [9.17, 15) is 4.79 Å². The fourth-order valence-corrected chi connectivity index (χ4v) is 3.68. The van der Waals surface area contributed by atoms with Gasteiger partial charge in [-0.25, -0.2) is 4.98 Å². The number of anilines is 1. The van der Waals surface area contributed by atoms with E-state index in [1.165, 1.54) is 17.0 Å². The Morgan fingerprint density at radius 1 is 1.47 bits per heavy atom. The zero-order valence-corrected chi connectivity index (χ0v) is 13.2. The Kier molecular flexibility index (Phi) is 4.29. The van der Waals surface area contributed by atoms with Gasteiger partial charge in [0.2, 0.25) is 5.91 Å². The van der Waals surface area contributed by atoms with Crippen LogP contribution in [0.2, 0.25) is 0 Å². The topological polar surface area (TPSA) is 42.0 Å². The molecule has 1 amide bonds. The Bertz CT molecular complexity index is 459. The first kappa shape index (κ1) is 14.5. The molecule has 0 saturated carbocycles. The van der Waals surface area contributed by atoms with Crippen LogP contribution < -0.4 is 5.32 Å². The summed E-state index contributed by atoms with van der Waals surface area (Å²) in [7, 11) is 0. The number of fused-ring (bicyclic) bond motifs is 1. The monoisotopic (exact) mass is 280 g/mol. The molecule has 0 bridgehead atoms. The van der Waals surface area contributed by atoms with Crippen molar-refractivity contribution in [1.29, 1.82) is 0 Å². The summed E-state index contributed by atoms with van der Waals surface area (Å²) in [4.78, 5) is 17.6. The summed E-state index contributed by atoms with van der Waals surface area (Å²) in [6.07, 6.45) is 4.83. The number of rotatable bonds is 3. The van der Waals surface area contributed by atoms with Gasteiger partial charge in [0.1, 0.15) is 0 Å². The van der Waals surface area contributed by atoms with Crippen LogP contribution in [0.5, 0.6) is 0 Å². The van der Waals surface area contributed by atoms with Crippen molar-refractivity contribution in [2.45, 2.75) is 59.8 Å². The summed E-state index contributed by atoms with van der Waals surface area (Å²) < 4.78 is 0. The molecule has 0 radical (unpaired) electrons. The molecule has 1 aliphatic rings. The van der Waals surface area contributed by atoms with Gasteiger partial charge in [-0.1, -0.05) is 27.7 Å². The SMILES string of the molecule is CCCC(=O)Nc1nc2c(s1)C[C@H](C(C)(C)C)CC2. The first-order valence-corrected chi connectivity index (χ1v) is 8.00. The molecule has 0 spiro atoms. The normalized spacial score (nSPS) is 19.1. The minimum atomic E-state index is 0.0842. The van der Waals surface area contributed by atoms with Crippen LogP contribution in [0, 0.1) is 11.3 Å². The van der Waals surface area contributed by atoms with Crippen LogP contribution in [-0.4, -0.2) is 10.9 Å². The number of carbonyl (C=O) groups is 1. The van der Waals surface area contributed by atoms with E-state index < -0.39 is 0 Å². The van der Waals surface area contributed by atoms with Gasteiger partial charge in [0.25, 0.3) is 0 Å². The second-order valence-corrected chi connectivity index (χ2v) is 7.58. The number of hydrogen-bond donors (Lipinski definition) is 1. The van der Waals surface area contributed by atoms with E-state index in [1.807, 2.05) is 6.92 Å². The zero-order valence-electron chi connectivity index (χ0n) is 12.4. The van der Waals surface area contributed by atoms with Gasteiger partial charge in [-0.15, -0.1) is 11.3 Å². The Balaban J connectivity index is 2.06. The summed E-state index contributed by atoms with van der Waals surface area (Å²) >= 11 is 1.67. The van der Waals surface area contributed by atoms with Crippen LogP contribution in [0.4, 0.5) is 5.13 Å². The van der Waals surface area contributed by atoms with E-state index in [2.05, 4.69) is 31.1 Å². The molecule has 3 nitrogen and oxygen atoms in total. The van der Waals surface area contributed by atoms with Crippen LogP contribution in [0.1, 0.15) is 57.5 Å². The quantitative estimate of drug-likeness (QED) is 0.908. The number of hydrogen-bond acceptors (Lipinski definition) is 3. The highest BCUT2D eigenvalue weighted by Gasteiger charge is 2.30. The maximum absolute atomic E-state index is 11.6. The van der Waals surface area contributed by atoms with Crippen molar-refractivity contribution >= 4 is 22.4 Å². The minimum absolute atomic E-state index is 0.0842. The van der Waals surface area contributed by atoms with E-state index in [-0.39, 0.29) is 5.91 Å². The average Bonchev–Trinajstić information content (AvgIpc) is 2.68. The molecular weight excluding hydrogens is 256 g/mol. The largest absolute Gasteiger partial charge is 0.302 e.